The van der Waals surface area contributed by atoms with Gasteiger partial charge in [-0.25, -0.2) is 5.48 Å². The largest absolute Gasteiger partial charge is 0.289 e. The summed E-state index contributed by atoms with van der Waals surface area (Å²) in [4.78, 5) is 38.3. The number of amides is 3. The molecule has 178 valence electrons. The Bertz CT molecular complexity index is 753. The minimum atomic E-state index is -0.779. The summed E-state index contributed by atoms with van der Waals surface area (Å²) in [5.41, 5.74) is 5.44. The van der Waals surface area contributed by atoms with Gasteiger partial charge < -0.3 is 0 Å². The third kappa shape index (κ3) is 9.87. The van der Waals surface area contributed by atoms with Gasteiger partial charge in [-0.2, -0.15) is 11.8 Å². The van der Waals surface area contributed by atoms with E-state index in [1.54, 1.807) is 5.48 Å². The van der Waals surface area contributed by atoms with E-state index in [0.29, 0.717) is 13.0 Å². The van der Waals surface area contributed by atoms with Crippen LogP contribution in [0.3, 0.4) is 0 Å². The van der Waals surface area contributed by atoms with Gasteiger partial charge in [0.05, 0.1) is 17.6 Å². The van der Waals surface area contributed by atoms with Crippen LogP contribution in [0.1, 0.15) is 46.1 Å². The first-order valence-electron chi connectivity index (χ1n) is 10.9. The molecule has 1 aromatic carbocycles. The molecule has 0 aliphatic rings. The lowest BCUT2D eigenvalue weighted by Crippen LogP contribution is -2.52. The minimum absolute atomic E-state index is 0.137. The number of carbonyl (C=O) groups is 3. The second-order valence-electron chi connectivity index (χ2n) is 8.67. The molecule has 0 radical (unpaired) electrons. The van der Waals surface area contributed by atoms with Crippen LogP contribution in [0.4, 0.5) is 0 Å². The van der Waals surface area contributed by atoms with E-state index in [4.69, 9.17) is 0 Å². The highest BCUT2D eigenvalue weighted by Gasteiger charge is 2.34. The highest BCUT2D eigenvalue weighted by Crippen LogP contribution is 2.25. The fourth-order valence-corrected chi connectivity index (χ4v) is 3.81. The number of hydrogen-bond acceptors (Lipinski definition) is 5. The lowest BCUT2D eigenvalue weighted by molar-refractivity contribution is -0.146. The quantitative estimate of drug-likeness (QED) is 0.324. The maximum atomic E-state index is 13.3. The molecule has 0 spiro atoms. The maximum absolute atomic E-state index is 13.3. The van der Waals surface area contributed by atoms with Crippen LogP contribution in [-0.2, 0) is 14.4 Å². The van der Waals surface area contributed by atoms with Crippen molar-refractivity contribution in [3.63, 3.8) is 0 Å². The topological polar surface area (TPSA) is 98.7 Å². The average molecular weight is 464 g/mol. The number of hydrazine groups is 1. The summed E-state index contributed by atoms with van der Waals surface area (Å²) >= 11 is 1.39. The van der Waals surface area contributed by atoms with Crippen molar-refractivity contribution in [2.75, 3.05) is 18.6 Å². The fourth-order valence-electron chi connectivity index (χ4n) is 3.41. The summed E-state index contributed by atoms with van der Waals surface area (Å²) in [7, 11) is 0. The van der Waals surface area contributed by atoms with Crippen molar-refractivity contribution < 1.29 is 19.6 Å². The number of benzene rings is 1. The minimum Gasteiger partial charge on any atom is -0.289 e. The van der Waals surface area contributed by atoms with E-state index in [1.165, 1.54) is 16.8 Å². The van der Waals surface area contributed by atoms with Gasteiger partial charge in [0, 0.05) is 6.54 Å². The normalized spacial score (nSPS) is 13.2. The van der Waals surface area contributed by atoms with Crippen LogP contribution in [0.5, 0.6) is 0 Å². The highest BCUT2D eigenvalue weighted by atomic mass is 32.2. The fraction of sp³-hybridized carbons (Fsp3) is 0.542. The molecule has 2 atom stereocenters. The molecule has 3 N–H and O–H groups in total. The molecular weight excluding hydrogens is 426 g/mol. The van der Waals surface area contributed by atoms with E-state index in [2.05, 4.69) is 5.43 Å². The monoisotopic (exact) mass is 463 g/mol. The van der Waals surface area contributed by atoms with Crippen molar-refractivity contribution in [1.29, 1.82) is 0 Å². The van der Waals surface area contributed by atoms with E-state index in [9.17, 15) is 19.6 Å². The molecule has 0 heterocycles. The van der Waals surface area contributed by atoms with Crippen LogP contribution >= 0.6 is 11.8 Å². The number of nitrogens with one attached hydrogen (secondary N) is 2. The third-order valence-corrected chi connectivity index (χ3v) is 5.39. The molecular formula is C24H37N3O4S. The van der Waals surface area contributed by atoms with E-state index < -0.39 is 23.7 Å². The Morgan fingerprint density at radius 1 is 1.03 bits per heavy atom. The zero-order valence-corrected chi connectivity index (χ0v) is 20.5. The number of allylic oxidation sites excluding steroid dienone is 1. The summed E-state index contributed by atoms with van der Waals surface area (Å²) < 4.78 is 0. The zero-order chi connectivity index (χ0) is 24.1. The van der Waals surface area contributed by atoms with Gasteiger partial charge in [0.2, 0.25) is 11.8 Å². The second kappa shape index (κ2) is 14.7. The second-order valence-corrected chi connectivity index (χ2v) is 9.54. The van der Waals surface area contributed by atoms with Crippen molar-refractivity contribution in [2.24, 2.45) is 23.7 Å². The summed E-state index contributed by atoms with van der Waals surface area (Å²) in [6.45, 7) is 8.25. The summed E-state index contributed by atoms with van der Waals surface area (Å²) in [6.07, 6.45) is 6.26. The Kier molecular flexibility index (Phi) is 12.7. The van der Waals surface area contributed by atoms with Gasteiger partial charge in [0.25, 0.3) is 5.91 Å². The van der Waals surface area contributed by atoms with Crippen molar-refractivity contribution in [3.05, 3.63) is 42.0 Å². The molecule has 0 saturated carbocycles. The smallest absolute Gasteiger partial charge is 0.250 e. The van der Waals surface area contributed by atoms with Gasteiger partial charge >= 0.3 is 0 Å². The molecule has 32 heavy (non-hydrogen) atoms. The molecule has 0 aromatic heterocycles. The summed E-state index contributed by atoms with van der Waals surface area (Å²) in [6, 6.07) is 9.64. The molecule has 0 unspecified atom stereocenters. The number of thioether (sulfide) groups is 1. The van der Waals surface area contributed by atoms with Crippen LogP contribution in [-0.4, -0.2) is 46.5 Å². The van der Waals surface area contributed by atoms with Gasteiger partial charge in [0.15, 0.2) is 0 Å². The van der Waals surface area contributed by atoms with E-state index in [-0.39, 0.29) is 29.9 Å². The van der Waals surface area contributed by atoms with Gasteiger partial charge in [-0.05, 0) is 36.5 Å². The first-order chi connectivity index (χ1) is 15.2. The SMILES string of the molecule is CSCC(=O)N(CC(C)C)NC(=O)[C@H](CC(C)C)[C@H](CC=Cc1ccccc1)C(=O)NO. The summed E-state index contributed by atoms with van der Waals surface area (Å²) in [5.74, 6) is -2.13. The maximum Gasteiger partial charge on any atom is 0.250 e. The van der Waals surface area contributed by atoms with Crippen molar-refractivity contribution >= 4 is 35.6 Å². The Morgan fingerprint density at radius 3 is 2.22 bits per heavy atom. The molecule has 0 saturated heterocycles. The Hall–Kier alpha value is -2.32. The predicted octanol–water partition coefficient (Wildman–Crippen LogP) is 3.75. The molecule has 0 aliphatic carbocycles. The standard InChI is InChI=1S/C24H37N3O4S/c1-17(2)14-21(23(29)25-27(15-18(3)4)22(28)16-32-5)20(24(30)26-31)13-9-12-19-10-7-6-8-11-19/h6-12,17-18,20-21,31H,13-16H2,1-5H3,(H,25,29)(H,26,30)/t20-,21+/m0/s1. The average Bonchev–Trinajstić information content (AvgIpc) is 2.74. The first kappa shape index (κ1) is 27.7. The lowest BCUT2D eigenvalue weighted by Gasteiger charge is -2.30. The van der Waals surface area contributed by atoms with E-state index in [0.717, 1.165) is 5.56 Å². The number of hydroxylamine groups is 1. The zero-order valence-electron chi connectivity index (χ0n) is 19.7. The van der Waals surface area contributed by atoms with Crippen LogP contribution in [0.15, 0.2) is 36.4 Å². The van der Waals surface area contributed by atoms with Crippen molar-refractivity contribution in [2.45, 2.75) is 40.5 Å². The van der Waals surface area contributed by atoms with Crippen LogP contribution < -0.4 is 10.9 Å². The third-order valence-electron chi connectivity index (χ3n) is 4.86. The summed E-state index contributed by atoms with van der Waals surface area (Å²) in [5, 5.41) is 10.7. The van der Waals surface area contributed by atoms with Crippen molar-refractivity contribution in [1.82, 2.24) is 15.9 Å². The van der Waals surface area contributed by atoms with Gasteiger partial charge in [-0.15, -0.1) is 0 Å². The molecule has 0 aliphatic heterocycles. The van der Waals surface area contributed by atoms with Crippen LogP contribution in [0, 0.1) is 23.7 Å². The molecule has 7 nitrogen and oxygen atoms in total. The molecule has 0 fully saturated rings. The number of nitrogens with zero attached hydrogens (tertiary/aromatic N) is 1. The lowest BCUT2D eigenvalue weighted by atomic mass is 9.82. The highest BCUT2D eigenvalue weighted by molar-refractivity contribution is 7.99. The van der Waals surface area contributed by atoms with Gasteiger partial charge in [-0.3, -0.25) is 30.0 Å². The van der Waals surface area contributed by atoms with Crippen molar-refractivity contribution in [3.8, 4) is 0 Å². The number of carbonyl (C=O) groups excluding carboxylic acids is 3. The van der Waals surface area contributed by atoms with Crippen LogP contribution in [0.2, 0.25) is 0 Å². The molecule has 1 rings (SSSR count). The molecule has 0 bridgehead atoms. The molecule has 1 aromatic rings. The Labute approximate surface area is 195 Å². The van der Waals surface area contributed by atoms with E-state index in [1.807, 2.05) is 76.4 Å². The number of rotatable bonds is 12. The van der Waals surface area contributed by atoms with Crippen LogP contribution in [0.25, 0.3) is 6.08 Å². The van der Waals surface area contributed by atoms with Gasteiger partial charge in [-0.1, -0.05) is 70.2 Å². The molecule has 3 amide bonds. The van der Waals surface area contributed by atoms with E-state index >= 15 is 0 Å². The Balaban J connectivity index is 3.10. The number of hydrogen-bond donors (Lipinski definition) is 3. The molecule has 8 heteroatoms. The van der Waals surface area contributed by atoms with Gasteiger partial charge in [0.1, 0.15) is 0 Å². The Morgan fingerprint density at radius 2 is 1.69 bits per heavy atom. The predicted molar refractivity (Wildman–Crippen MR) is 130 cm³/mol. The first-order valence-corrected chi connectivity index (χ1v) is 12.3.